The summed E-state index contributed by atoms with van der Waals surface area (Å²) in [6.07, 6.45) is 4.80. The lowest BCUT2D eigenvalue weighted by atomic mass is 10.0. The second kappa shape index (κ2) is 7.31. The molecule has 3 atom stereocenters. The van der Waals surface area contributed by atoms with Crippen molar-refractivity contribution in [3.05, 3.63) is 35.9 Å². The first-order valence-electron chi connectivity index (χ1n) is 9.07. The Kier molecular flexibility index (Phi) is 5.37. The fraction of sp³-hybridized carbons (Fsp3) is 0.684. The van der Waals surface area contributed by atoms with E-state index in [4.69, 9.17) is 4.74 Å². The minimum atomic E-state index is -0.822. The summed E-state index contributed by atoms with van der Waals surface area (Å²) in [5.41, 5.74) is 0.519. The summed E-state index contributed by atoms with van der Waals surface area (Å²) in [4.78, 5) is 4.60. The number of nitrogens with zero attached hydrogens (tertiary/aromatic N) is 2. The minimum absolute atomic E-state index is 0.172. The summed E-state index contributed by atoms with van der Waals surface area (Å²) < 4.78 is 6.09. The molecule has 0 spiro atoms. The van der Waals surface area contributed by atoms with Gasteiger partial charge < -0.3 is 9.84 Å². The number of fused-ring (bicyclic) bond motifs is 1. The molecule has 3 rings (SSSR count). The summed E-state index contributed by atoms with van der Waals surface area (Å²) in [6.45, 7) is 6.80. The van der Waals surface area contributed by atoms with Gasteiger partial charge in [-0.25, -0.2) is 0 Å². The van der Waals surface area contributed by atoms with Gasteiger partial charge in [-0.05, 0) is 31.2 Å². The molecule has 4 heteroatoms. The quantitative estimate of drug-likeness (QED) is 0.838. The summed E-state index contributed by atoms with van der Waals surface area (Å²) in [5, 5.41) is 11.3. The van der Waals surface area contributed by atoms with E-state index in [2.05, 4.69) is 54.0 Å². The first kappa shape index (κ1) is 16.9. The van der Waals surface area contributed by atoms with Crippen LogP contribution in [0.5, 0.6) is 0 Å². The van der Waals surface area contributed by atoms with Gasteiger partial charge in [-0.2, -0.15) is 0 Å². The van der Waals surface area contributed by atoms with Gasteiger partial charge >= 0.3 is 0 Å². The van der Waals surface area contributed by atoms with E-state index in [-0.39, 0.29) is 6.23 Å². The van der Waals surface area contributed by atoms with Crippen LogP contribution in [-0.2, 0) is 11.2 Å². The fourth-order valence-corrected chi connectivity index (χ4v) is 3.96. The molecule has 1 aromatic rings. The van der Waals surface area contributed by atoms with E-state index in [9.17, 15) is 5.11 Å². The van der Waals surface area contributed by atoms with Gasteiger partial charge in [0.05, 0.1) is 13.3 Å². The highest BCUT2D eigenvalue weighted by Crippen LogP contribution is 2.39. The van der Waals surface area contributed by atoms with E-state index >= 15 is 0 Å². The minimum Gasteiger partial charge on any atom is -0.371 e. The molecule has 2 aliphatic rings. The topological polar surface area (TPSA) is 35.9 Å². The maximum atomic E-state index is 11.3. The number of rotatable bonds is 7. The lowest BCUT2D eigenvalue weighted by Crippen LogP contribution is -2.51. The highest BCUT2D eigenvalue weighted by Gasteiger charge is 2.56. The molecule has 0 radical (unpaired) electrons. The third-order valence-corrected chi connectivity index (χ3v) is 5.20. The van der Waals surface area contributed by atoms with Crippen molar-refractivity contribution in [1.82, 2.24) is 9.80 Å². The molecule has 0 amide bonds. The Morgan fingerprint density at radius 2 is 2.00 bits per heavy atom. The average Bonchev–Trinajstić information content (AvgIpc) is 3.07. The molecule has 2 aliphatic heterocycles. The van der Waals surface area contributed by atoms with E-state index in [0.29, 0.717) is 12.6 Å². The number of ether oxygens (including phenoxy) is 1. The van der Waals surface area contributed by atoms with E-state index < -0.39 is 5.72 Å². The Morgan fingerprint density at radius 1 is 1.22 bits per heavy atom. The number of benzene rings is 1. The van der Waals surface area contributed by atoms with E-state index in [1.165, 1.54) is 5.56 Å². The molecule has 0 aromatic heterocycles. The number of hydrogen-bond donors (Lipinski definition) is 1. The molecule has 1 N–H and O–H groups in total. The second-order valence-corrected chi connectivity index (χ2v) is 6.93. The van der Waals surface area contributed by atoms with Crippen molar-refractivity contribution >= 4 is 0 Å². The summed E-state index contributed by atoms with van der Waals surface area (Å²) in [6, 6.07) is 10.9. The van der Waals surface area contributed by atoms with Crippen molar-refractivity contribution < 1.29 is 9.84 Å². The van der Waals surface area contributed by atoms with Crippen molar-refractivity contribution in [2.75, 3.05) is 19.8 Å². The van der Waals surface area contributed by atoms with Crippen LogP contribution in [0.25, 0.3) is 0 Å². The van der Waals surface area contributed by atoms with Crippen LogP contribution in [0.1, 0.15) is 45.1 Å². The lowest BCUT2D eigenvalue weighted by Gasteiger charge is -2.35. The molecule has 1 aromatic carbocycles. The Morgan fingerprint density at radius 3 is 2.70 bits per heavy atom. The first-order valence-corrected chi connectivity index (χ1v) is 9.07. The van der Waals surface area contributed by atoms with E-state index in [1.807, 2.05) is 0 Å². The van der Waals surface area contributed by atoms with Crippen molar-refractivity contribution in [2.45, 2.75) is 63.9 Å². The van der Waals surface area contributed by atoms with Crippen LogP contribution >= 0.6 is 0 Å². The standard InChI is InChI=1S/C19H30N2O2/c1-3-5-11-19(22)18-21(15-20(19)12-4-2)17(14-23-18)13-16-9-7-6-8-10-16/h6-10,17-18,22H,3-5,11-15H2,1-2H3/t17-,18?,19?/m0/s1. The highest BCUT2D eigenvalue weighted by molar-refractivity contribution is 5.17. The normalized spacial score (nSPS) is 31.6. The maximum absolute atomic E-state index is 11.3. The van der Waals surface area contributed by atoms with Crippen LogP contribution in [0.3, 0.4) is 0 Å². The van der Waals surface area contributed by atoms with Gasteiger partial charge in [-0.1, -0.05) is 50.6 Å². The first-order chi connectivity index (χ1) is 11.2. The molecule has 2 fully saturated rings. The largest absolute Gasteiger partial charge is 0.371 e. The van der Waals surface area contributed by atoms with E-state index in [0.717, 1.165) is 45.3 Å². The monoisotopic (exact) mass is 318 g/mol. The van der Waals surface area contributed by atoms with Crippen LogP contribution < -0.4 is 0 Å². The Bertz CT molecular complexity index is 495. The van der Waals surface area contributed by atoms with Gasteiger partial charge in [0.2, 0.25) is 0 Å². The third kappa shape index (κ3) is 3.31. The zero-order valence-electron chi connectivity index (χ0n) is 14.4. The fourth-order valence-electron chi connectivity index (χ4n) is 3.96. The van der Waals surface area contributed by atoms with Crippen molar-refractivity contribution in [3.8, 4) is 0 Å². The molecule has 0 saturated carbocycles. The molecule has 2 heterocycles. The van der Waals surface area contributed by atoms with Crippen LogP contribution in [0.15, 0.2) is 30.3 Å². The Balaban J connectivity index is 1.73. The zero-order valence-corrected chi connectivity index (χ0v) is 14.4. The molecule has 2 unspecified atom stereocenters. The number of hydrogen-bond acceptors (Lipinski definition) is 4. The number of aliphatic hydroxyl groups is 1. The highest BCUT2D eigenvalue weighted by atomic mass is 16.5. The van der Waals surface area contributed by atoms with Gasteiger partial charge in [0, 0.05) is 12.6 Å². The van der Waals surface area contributed by atoms with E-state index in [1.54, 1.807) is 0 Å². The Hall–Kier alpha value is -0.940. The molecule has 0 bridgehead atoms. The smallest absolute Gasteiger partial charge is 0.159 e. The summed E-state index contributed by atoms with van der Waals surface area (Å²) >= 11 is 0. The van der Waals surface area contributed by atoms with Gasteiger partial charge in [-0.3, -0.25) is 9.80 Å². The molecular weight excluding hydrogens is 288 g/mol. The predicted molar refractivity (Wildman–Crippen MR) is 91.9 cm³/mol. The van der Waals surface area contributed by atoms with Crippen LogP contribution in [-0.4, -0.2) is 52.7 Å². The van der Waals surface area contributed by atoms with Crippen molar-refractivity contribution in [1.29, 1.82) is 0 Å². The van der Waals surface area contributed by atoms with Crippen LogP contribution in [0, 0.1) is 0 Å². The zero-order chi connectivity index (χ0) is 16.3. The van der Waals surface area contributed by atoms with Crippen LogP contribution in [0.4, 0.5) is 0 Å². The molecule has 0 aliphatic carbocycles. The van der Waals surface area contributed by atoms with Gasteiger partial charge in [-0.15, -0.1) is 0 Å². The lowest BCUT2D eigenvalue weighted by molar-refractivity contribution is -0.164. The molecule has 4 nitrogen and oxygen atoms in total. The average molecular weight is 318 g/mol. The maximum Gasteiger partial charge on any atom is 0.159 e. The van der Waals surface area contributed by atoms with Crippen LogP contribution in [0.2, 0.25) is 0 Å². The second-order valence-electron chi connectivity index (χ2n) is 6.93. The third-order valence-electron chi connectivity index (χ3n) is 5.20. The Labute approximate surface area is 140 Å². The summed E-state index contributed by atoms with van der Waals surface area (Å²) in [5.74, 6) is 0. The number of unbranched alkanes of at least 4 members (excludes halogenated alkanes) is 1. The molecule has 23 heavy (non-hydrogen) atoms. The summed E-state index contributed by atoms with van der Waals surface area (Å²) in [7, 11) is 0. The molecule has 128 valence electrons. The predicted octanol–water partition coefficient (Wildman–Crippen LogP) is 2.82. The van der Waals surface area contributed by atoms with Gasteiger partial charge in [0.25, 0.3) is 0 Å². The SMILES string of the molecule is CCCCC1(O)C2OC[C@H](Cc3ccccc3)N2CN1CCC. The van der Waals surface area contributed by atoms with Gasteiger partial charge in [0.15, 0.2) is 12.0 Å². The van der Waals surface area contributed by atoms with Crippen molar-refractivity contribution in [3.63, 3.8) is 0 Å². The molecular formula is C19H30N2O2. The molecule has 2 saturated heterocycles. The van der Waals surface area contributed by atoms with Crippen molar-refractivity contribution in [2.24, 2.45) is 0 Å². The van der Waals surface area contributed by atoms with Gasteiger partial charge in [0.1, 0.15) is 0 Å².